The van der Waals surface area contributed by atoms with Gasteiger partial charge in [-0.15, -0.1) is 0 Å². The Hall–Kier alpha value is -1.94. The van der Waals surface area contributed by atoms with Crippen LogP contribution in [0.25, 0.3) is 0 Å². The molecule has 0 spiro atoms. The standard InChI is InChI=1S/C89H174O17P2/c1-8-10-11-12-13-14-15-16-17-18-19-23-26-31-36-41-49-56-63-70-86(91)99-76-84(105-88(93)72-65-58-51-42-37-32-27-24-21-20-22-25-29-34-39-46-53-60-67-80(3)4)78-103-107(95,96)101-74-83(90)75-102-108(97,98)104-79-85(77-100-87(92)71-64-57-50-45-44-48-55-62-69-82(7)9-2)106-89(94)73-66-59-52-43-38-33-28-30-35-40-47-54-61-68-81(5)6/h80-85,90H,8-79H2,1-7H3,(H,95,96)(H,97,98)/t82?,83-,84-,85-/m1/s1. The Morgan fingerprint density at radius 2 is 0.472 bits per heavy atom. The molecule has 108 heavy (non-hydrogen) atoms. The average Bonchev–Trinajstić information content (AvgIpc) is 0.897. The van der Waals surface area contributed by atoms with Gasteiger partial charge in [-0.25, -0.2) is 9.13 Å². The molecule has 0 bridgehead atoms. The third-order valence-corrected chi connectivity index (χ3v) is 23.1. The Morgan fingerprint density at radius 1 is 0.269 bits per heavy atom. The Balaban J connectivity index is 5.25. The Labute approximate surface area is 664 Å². The van der Waals surface area contributed by atoms with E-state index in [1.54, 1.807) is 0 Å². The largest absolute Gasteiger partial charge is 0.472 e. The van der Waals surface area contributed by atoms with Crippen molar-refractivity contribution >= 4 is 39.5 Å². The second kappa shape index (κ2) is 78.9. The summed E-state index contributed by atoms with van der Waals surface area (Å²) in [5.41, 5.74) is 0. The summed E-state index contributed by atoms with van der Waals surface area (Å²) in [7, 11) is -9.93. The van der Waals surface area contributed by atoms with Gasteiger partial charge in [-0.05, 0) is 43.4 Å². The smallest absolute Gasteiger partial charge is 0.462 e. The van der Waals surface area contributed by atoms with E-state index < -0.39 is 97.5 Å². The van der Waals surface area contributed by atoms with Crippen LogP contribution in [0.1, 0.15) is 472 Å². The molecule has 0 aromatic rings. The van der Waals surface area contributed by atoms with Gasteiger partial charge in [0.15, 0.2) is 12.2 Å². The van der Waals surface area contributed by atoms with Gasteiger partial charge < -0.3 is 33.8 Å². The van der Waals surface area contributed by atoms with Gasteiger partial charge >= 0.3 is 39.5 Å². The van der Waals surface area contributed by atoms with Crippen molar-refractivity contribution in [3.8, 4) is 0 Å². The lowest BCUT2D eigenvalue weighted by Gasteiger charge is -2.21. The van der Waals surface area contributed by atoms with Crippen molar-refractivity contribution in [1.82, 2.24) is 0 Å². The van der Waals surface area contributed by atoms with Gasteiger partial charge in [0.1, 0.15) is 19.3 Å². The molecule has 0 fully saturated rings. The molecule has 3 N–H and O–H groups in total. The van der Waals surface area contributed by atoms with E-state index in [2.05, 4.69) is 48.5 Å². The Bertz CT molecular complexity index is 2080. The number of unbranched alkanes of at least 4 members (excludes halogenated alkanes) is 54. The number of rotatable bonds is 87. The summed E-state index contributed by atoms with van der Waals surface area (Å²) < 4.78 is 69.0. The number of carbonyl (C=O) groups excluding carboxylic acids is 4. The van der Waals surface area contributed by atoms with Gasteiger partial charge in [-0.1, -0.05) is 421 Å². The fraction of sp³-hybridized carbons (Fsp3) is 0.955. The number of phosphoric ester groups is 2. The number of carbonyl (C=O) groups is 4. The van der Waals surface area contributed by atoms with Crippen molar-refractivity contribution in [3.63, 3.8) is 0 Å². The molecule has 0 saturated heterocycles. The van der Waals surface area contributed by atoms with Gasteiger partial charge in [0, 0.05) is 25.7 Å². The van der Waals surface area contributed by atoms with Crippen LogP contribution < -0.4 is 0 Å². The van der Waals surface area contributed by atoms with Crippen molar-refractivity contribution in [2.75, 3.05) is 39.6 Å². The quantitative estimate of drug-likeness (QED) is 0.0222. The molecule has 0 aromatic heterocycles. The number of esters is 4. The second-order valence-corrected chi connectivity index (χ2v) is 36.1. The molecule has 3 unspecified atom stereocenters. The molecular formula is C89H174O17P2. The Kier molecular flexibility index (Phi) is 77.5. The van der Waals surface area contributed by atoms with Gasteiger partial charge in [0.05, 0.1) is 26.4 Å². The predicted molar refractivity (Wildman–Crippen MR) is 446 cm³/mol. The van der Waals surface area contributed by atoms with Crippen molar-refractivity contribution < 1.29 is 80.2 Å². The summed E-state index contributed by atoms with van der Waals surface area (Å²) >= 11 is 0. The highest BCUT2D eigenvalue weighted by atomic mass is 31.2. The highest BCUT2D eigenvalue weighted by molar-refractivity contribution is 7.47. The fourth-order valence-corrected chi connectivity index (χ4v) is 15.4. The maximum Gasteiger partial charge on any atom is 0.472 e. The molecule has 0 aliphatic carbocycles. The monoisotopic (exact) mass is 1580 g/mol. The summed E-state index contributed by atoms with van der Waals surface area (Å²) in [6.45, 7) is 12.1. The van der Waals surface area contributed by atoms with Crippen molar-refractivity contribution in [1.29, 1.82) is 0 Å². The van der Waals surface area contributed by atoms with E-state index in [4.69, 9.17) is 37.0 Å². The minimum Gasteiger partial charge on any atom is -0.462 e. The molecule has 6 atom stereocenters. The van der Waals surface area contributed by atoms with Crippen LogP contribution >= 0.6 is 15.6 Å². The molecule has 0 heterocycles. The van der Waals surface area contributed by atoms with E-state index in [1.807, 2.05) is 0 Å². The molecule has 0 saturated carbocycles. The van der Waals surface area contributed by atoms with E-state index in [0.717, 1.165) is 108 Å². The first-order chi connectivity index (χ1) is 52.3. The van der Waals surface area contributed by atoms with Gasteiger partial charge in [0.2, 0.25) is 0 Å². The lowest BCUT2D eigenvalue weighted by molar-refractivity contribution is -0.161. The zero-order valence-corrected chi connectivity index (χ0v) is 73.1. The number of aliphatic hydroxyl groups excluding tert-OH is 1. The maximum absolute atomic E-state index is 13.2. The highest BCUT2D eigenvalue weighted by Crippen LogP contribution is 2.45. The lowest BCUT2D eigenvalue weighted by atomic mass is 9.99. The van der Waals surface area contributed by atoms with E-state index in [0.29, 0.717) is 25.7 Å². The molecule has 0 aromatic carbocycles. The van der Waals surface area contributed by atoms with Crippen molar-refractivity contribution in [2.24, 2.45) is 17.8 Å². The summed E-state index contributed by atoms with van der Waals surface area (Å²) in [4.78, 5) is 73.4. The molecule has 17 nitrogen and oxygen atoms in total. The van der Waals surface area contributed by atoms with Gasteiger partial charge in [-0.3, -0.25) is 37.3 Å². The van der Waals surface area contributed by atoms with Crippen molar-refractivity contribution in [3.05, 3.63) is 0 Å². The van der Waals surface area contributed by atoms with Gasteiger partial charge in [-0.2, -0.15) is 0 Å². The van der Waals surface area contributed by atoms with E-state index >= 15 is 0 Å². The fourth-order valence-electron chi connectivity index (χ4n) is 13.9. The second-order valence-electron chi connectivity index (χ2n) is 33.2. The third-order valence-electron chi connectivity index (χ3n) is 21.2. The molecule has 0 aliphatic heterocycles. The van der Waals surface area contributed by atoms with Gasteiger partial charge in [0.25, 0.3) is 0 Å². The first-order valence-electron chi connectivity index (χ1n) is 45.9. The van der Waals surface area contributed by atoms with Crippen molar-refractivity contribution in [2.45, 2.75) is 491 Å². The third kappa shape index (κ3) is 80.7. The first kappa shape index (κ1) is 106. The minimum absolute atomic E-state index is 0.107. The minimum atomic E-state index is -4.97. The molecule has 0 radical (unpaired) electrons. The van der Waals surface area contributed by atoms with Crippen LogP contribution in [0, 0.1) is 17.8 Å². The molecular weight excluding hydrogens is 1400 g/mol. The Morgan fingerprint density at radius 3 is 0.704 bits per heavy atom. The van der Waals surface area contributed by atoms with Crippen LogP contribution in [0.2, 0.25) is 0 Å². The van der Waals surface area contributed by atoms with Crippen LogP contribution in [0.5, 0.6) is 0 Å². The van der Waals surface area contributed by atoms with Crippen LogP contribution in [0.4, 0.5) is 0 Å². The molecule has 0 rings (SSSR count). The number of phosphoric acid groups is 2. The normalized spacial score (nSPS) is 14.1. The van der Waals surface area contributed by atoms with E-state index in [-0.39, 0.29) is 25.7 Å². The molecule has 0 amide bonds. The summed E-state index contributed by atoms with van der Waals surface area (Å²) in [5.74, 6) is 0.283. The average molecular weight is 1580 g/mol. The summed E-state index contributed by atoms with van der Waals surface area (Å²) in [6.07, 6.45) is 70.8. The van der Waals surface area contributed by atoms with Crippen LogP contribution in [0.3, 0.4) is 0 Å². The molecule has 642 valence electrons. The topological polar surface area (TPSA) is 237 Å². The summed E-state index contributed by atoms with van der Waals surface area (Å²) in [5, 5.41) is 10.7. The van der Waals surface area contributed by atoms with E-state index in [9.17, 15) is 43.2 Å². The predicted octanol–water partition coefficient (Wildman–Crippen LogP) is 27.3. The number of ether oxygens (including phenoxy) is 4. The summed E-state index contributed by atoms with van der Waals surface area (Å²) in [6, 6.07) is 0. The first-order valence-corrected chi connectivity index (χ1v) is 48.9. The van der Waals surface area contributed by atoms with Crippen LogP contribution in [-0.2, 0) is 65.4 Å². The number of aliphatic hydroxyl groups is 1. The van der Waals surface area contributed by atoms with Crippen LogP contribution in [0.15, 0.2) is 0 Å². The SMILES string of the molecule is CCCCCCCCCCCCCCCCCCCCCC(=O)OC[C@H](COP(=O)(O)OC[C@@H](O)COP(=O)(O)OC[C@@H](COC(=O)CCCCCCCCCCC(C)CC)OC(=O)CCCCCCCCCCCCCCCC(C)C)OC(=O)CCCCCCCCCCCCCCCCCCCCC(C)C. The van der Waals surface area contributed by atoms with Crippen LogP contribution in [-0.4, -0.2) is 96.7 Å². The zero-order valence-electron chi connectivity index (χ0n) is 71.3. The number of hydrogen-bond acceptors (Lipinski definition) is 15. The van der Waals surface area contributed by atoms with E-state index in [1.165, 1.54) is 283 Å². The zero-order chi connectivity index (χ0) is 79.3. The number of hydrogen-bond donors (Lipinski definition) is 3. The highest BCUT2D eigenvalue weighted by Gasteiger charge is 2.31. The lowest BCUT2D eigenvalue weighted by Crippen LogP contribution is -2.30. The maximum atomic E-state index is 13.2. The molecule has 0 aliphatic rings. The molecule has 19 heteroatoms.